The van der Waals surface area contributed by atoms with Crippen molar-refractivity contribution < 1.29 is 14.3 Å². The molecule has 0 aliphatic rings. The van der Waals surface area contributed by atoms with Crippen LogP contribution in [0.3, 0.4) is 0 Å². The van der Waals surface area contributed by atoms with Gasteiger partial charge in [-0.1, -0.05) is 0 Å². The third-order valence-electron chi connectivity index (χ3n) is 1.86. The normalized spacial score (nSPS) is 9.88. The molecular weight excluding hydrogens is 224 g/mol. The molecule has 1 rings (SSSR count). The summed E-state index contributed by atoms with van der Waals surface area (Å²) in [6, 6.07) is 3.19. The number of nitrogens with zero attached hydrogens (tertiary/aromatic N) is 1. The van der Waals surface area contributed by atoms with Crippen LogP contribution in [0.25, 0.3) is 0 Å². The highest BCUT2D eigenvalue weighted by Crippen LogP contribution is 2.05. The number of rotatable bonds is 6. The van der Waals surface area contributed by atoms with Crippen LogP contribution in [-0.4, -0.2) is 36.6 Å². The Labute approximate surface area is 98.1 Å². The zero-order valence-corrected chi connectivity index (χ0v) is 9.18. The molecule has 0 aliphatic carbocycles. The molecule has 17 heavy (non-hydrogen) atoms. The molecule has 2 amide bonds. The van der Waals surface area contributed by atoms with E-state index >= 15 is 0 Å². The molecular formula is C10H14N4O3. The van der Waals surface area contributed by atoms with E-state index < -0.39 is 5.91 Å². The molecule has 0 bridgehead atoms. The van der Waals surface area contributed by atoms with Gasteiger partial charge in [0, 0.05) is 12.7 Å². The maximum atomic E-state index is 11.6. The van der Waals surface area contributed by atoms with Crippen molar-refractivity contribution in [2.45, 2.75) is 0 Å². The van der Waals surface area contributed by atoms with Gasteiger partial charge in [-0.05, 0) is 12.1 Å². The number of nitrogens with two attached hydrogens (primary N) is 2. The third-order valence-corrected chi connectivity index (χ3v) is 1.86. The molecule has 5 N–H and O–H groups in total. The van der Waals surface area contributed by atoms with E-state index in [4.69, 9.17) is 16.2 Å². The molecule has 0 fully saturated rings. The van der Waals surface area contributed by atoms with Gasteiger partial charge < -0.3 is 21.5 Å². The Bertz CT molecular complexity index is 408. The number of nitrogen functional groups attached to an aromatic ring is 1. The predicted octanol–water partition coefficient (Wildman–Crippen LogP) is -1.10. The van der Waals surface area contributed by atoms with E-state index in [2.05, 4.69) is 10.3 Å². The average molecular weight is 238 g/mol. The van der Waals surface area contributed by atoms with Crippen LogP contribution in [0, 0.1) is 0 Å². The maximum absolute atomic E-state index is 11.6. The van der Waals surface area contributed by atoms with Gasteiger partial charge in [0.1, 0.15) is 12.4 Å². The van der Waals surface area contributed by atoms with Crippen molar-refractivity contribution in [3.05, 3.63) is 23.9 Å². The van der Waals surface area contributed by atoms with Gasteiger partial charge in [0.05, 0.1) is 12.2 Å². The molecule has 0 radical (unpaired) electrons. The Kier molecular flexibility index (Phi) is 4.89. The number of hydrogen-bond acceptors (Lipinski definition) is 5. The highest BCUT2D eigenvalue weighted by atomic mass is 16.5. The molecule has 0 atom stereocenters. The molecule has 1 heterocycles. The van der Waals surface area contributed by atoms with Crippen LogP contribution < -0.4 is 16.8 Å². The number of anilines is 1. The van der Waals surface area contributed by atoms with Crippen LogP contribution in [0.2, 0.25) is 0 Å². The fraction of sp³-hybridized carbons (Fsp3) is 0.300. The monoisotopic (exact) mass is 238 g/mol. The first-order chi connectivity index (χ1) is 8.11. The van der Waals surface area contributed by atoms with Crippen LogP contribution in [0.1, 0.15) is 10.4 Å². The largest absolute Gasteiger partial charge is 0.383 e. The van der Waals surface area contributed by atoms with Crippen molar-refractivity contribution in [3.8, 4) is 0 Å². The number of carbonyl (C=O) groups excluding carboxylic acids is 2. The van der Waals surface area contributed by atoms with E-state index in [1.807, 2.05) is 0 Å². The molecule has 0 aromatic carbocycles. The summed E-state index contributed by atoms with van der Waals surface area (Å²) in [5.41, 5.74) is 10.7. The minimum atomic E-state index is -0.548. The number of nitrogens with one attached hydrogen (secondary N) is 1. The second-order valence-corrected chi connectivity index (χ2v) is 3.21. The molecule has 0 aliphatic heterocycles. The SMILES string of the molecule is NC(=O)COCCNC(=O)c1cccnc1N. The fourth-order valence-corrected chi connectivity index (χ4v) is 1.11. The number of ether oxygens (including phenoxy) is 1. The van der Waals surface area contributed by atoms with Gasteiger partial charge in [-0.2, -0.15) is 0 Å². The number of aromatic nitrogens is 1. The van der Waals surface area contributed by atoms with Crippen LogP contribution >= 0.6 is 0 Å². The third kappa shape index (κ3) is 4.47. The number of carbonyl (C=O) groups is 2. The number of primary amides is 1. The molecule has 1 aromatic rings. The highest BCUT2D eigenvalue weighted by Gasteiger charge is 2.08. The Morgan fingerprint density at radius 2 is 2.24 bits per heavy atom. The number of hydrogen-bond donors (Lipinski definition) is 3. The maximum Gasteiger partial charge on any atom is 0.255 e. The van der Waals surface area contributed by atoms with E-state index in [1.165, 1.54) is 6.20 Å². The average Bonchev–Trinajstić information content (AvgIpc) is 2.28. The minimum absolute atomic E-state index is 0.162. The van der Waals surface area contributed by atoms with Crippen LogP contribution in [-0.2, 0) is 9.53 Å². The first kappa shape index (κ1) is 12.9. The topological polar surface area (TPSA) is 120 Å². The minimum Gasteiger partial charge on any atom is -0.383 e. The van der Waals surface area contributed by atoms with Crippen molar-refractivity contribution in [2.24, 2.45) is 5.73 Å². The fourth-order valence-electron chi connectivity index (χ4n) is 1.11. The zero-order valence-electron chi connectivity index (χ0n) is 9.18. The summed E-state index contributed by atoms with van der Waals surface area (Å²) in [5, 5.41) is 2.58. The molecule has 92 valence electrons. The summed E-state index contributed by atoms with van der Waals surface area (Å²) in [7, 11) is 0. The predicted molar refractivity (Wildman–Crippen MR) is 61.0 cm³/mol. The van der Waals surface area contributed by atoms with Crippen LogP contribution in [0.4, 0.5) is 5.82 Å². The number of pyridine rings is 1. The van der Waals surface area contributed by atoms with Crippen molar-refractivity contribution in [1.82, 2.24) is 10.3 Å². The van der Waals surface area contributed by atoms with E-state index in [0.717, 1.165) is 0 Å². The standard InChI is InChI=1S/C10H14N4O3/c11-8(15)6-17-5-4-14-10(16)7-2-1-3-13-9(7)12/h1-3H,4-6H2,(H2,11,15)(H2,12,13)(H,14,16). The Hall–Kier alpha value is -2.15. The van der Waals surface area contributed by atoms with Gasteiger partial charge in [0.15, 0.2) is 0 Å². The smallest absolute Gasteiger partial charge is 0.255 e. The van der Waals surface area contributed by atoms with E-state index in [9.17, 15) is 9.59 Å². The van der Waals surface area contributed by atoms with Gasteiger partial charge in [-0.15, -0.1) is 0 Å². The lowest BCUT2D eigenvalue weighted by atomic mass is 10.2. The lowest BCUT2D eigenvalue weighted by Gasteiger charge is -2.06. The molecule has 7 heteroatoms. The number of amides is 2. The molecule has 0 spiro atoms. The second-order valence-electron chi connectivity index (χ2n) is 3.21. The van der Waals surface area contributed by atoms with Crippen molar-refractivity contribution in [3.63, 3.8) is 0 Å². The van der Waals surface area contributed by atoms with Gasteiger partial charge in [0.25, 0.3) is 5.91 Å². The summed E-state index contributed by atoms with van der Waals surface area (Å²) in [6.45, 7) is 0.306. The van der Waals surface area contributed by atoms with Gasteiger partial charge in [-0.3, -0.25) is 9.59 Å². The summed E-state index contributed by atoms with van der Waals surface area (Å²) >= 11 is 0. The molecule has 0 unspecified atom stereocenters. The first-order valence-corrected chi connectivity index (χ1v) is 4.96. The first-order valence-electron chi connectivity index (χ1n) is 4.96. The van der Waals surface area contributed by atoms with Crippen LogP contribution in [0.5, 0.6) is 0 Å². The quantitative estimate of drug-likeness (QED) is 0.543. The summed E-state index contributed by atoms with van der Waals surface area (Å²) in [6.07, 6.45) is 1.50. The van der Waals surface area contributed by atoms with Crippen molar-refractivity contribution in [1.29, 1.82) is 0 Å². The Morgan fingerprint density at radius 1 is 1.47 bits per heavy atom. The Balaban J connectivity index is 2.31. The molecule has 0 saturated carbocycles. The molecule has 7 nitrogen and oxygen atoms in total. The van der Waals surface area contributed by atoms with Crippen molar-refractivity contribution in [2.75, 3.05) is 25.5 Å². The second kappa shape index (κ2) is 6.44. The van der Waals surface area contributed by atoms with Gasteiger partial charge >= 0.3 is 0 Å². The lowest BCUT2D eigenvalue weighted by molar-refractivity contribution is -0.122. The van der Waals surface area contributed by atoms with E-state index in [-0.39, 0.29) is 31.5 Å². The lowest BCUT2D eigenvalue weighted by Crippen LogP contribution is -2.29. The van der Waals surface area contributed by atoms with Crippen LogP contribution in [0.15, 0.2) is 18.3 Å². The van der Waals surface area contributed by atoms with Gasteiger partial charge in [-0.25, -0.2) is 4.98 Å². The summed E-state index contributed by atoms with van der Waals surface area (Å²) in [4.78, 5) is 25.7. The van der Waals surface area contributed by atoms with E-state index in [0.29, 0.717) is 5.56 Å². The molecule has 0 saturated heterocycles. The molecule has 1 aromatic heterocycles. The zero-order chi connectivity index (χ0) is 12.7. The Morgan fingerprint density at radius 3 is 2.88 bits per heavy atom. The summed E-state index contributed by atoms with van der Waals surface area (Å²) in [5.74, 6) is -0.714. The summed E-state index contributed by atoms with van der Waals surface area (Å²) < 4.78 is 4.88. The van der Waals surface area contributed by atoms with Gasteiger partial charge in [0.2, 0.25) is 5.91 Å². The van der Waals surface area contributed by atoms with E-state index in [1.54, 1.807) is 12.1 Å². The van der Waals surface area contributed by atoms with Crippen molar-refractivity contribution >= 4 is 17.6 Å². The highest BCUT2D eigenvalue weighted by molar-refractivity contribution is 5.98.